The summed E-state index contributed by atoms with van der Waals surface area (Å²) in [7, 11) is 0. The molecule has 0 aliphatic carbocycles. The quantitative estimate of drug-likeness (QED) is 0.762. The third-order valence-corrected chi connectivity index (χ3v) is 2.97. The van der Waals surface area contributed by atoms with Gasteiger partial charge in [0, 0.05) is 18.8 Å². The Balaban J connectivity index is 1.96. The van der Waals surface area contributed by atoms with Crippen molar-refractivity contribution in [2.45, 2.75) is 26.2 Å². The molecular formula is C13H17N3O2. The molecule has 0 spiro atoms. The highest BCUT2D eigenvalue weighted by Crippen LogP contribution is 2.10. The molecule has 1 fully saturated rings. The minimum absolute atomic E-state index is 0.422. The van der Waals surface area contributed by atoms with E-state index in [9.17, 15) is 9.59 Å². The maximum atomic E-state index is 11.9. The predicted molar refractivity (Wildman–Crippen MR) is 68.0 cm³/mol. The van der Waals surface area contributed by atoms with Crippen molar-refractivity contribution in [2.24, 2.45) is 0 Å². The van der Waals surface area contributed by atoms with Gasteiger partial charge in [-0.25, -0.2) is 4.98 Å². The average Bonchev–Trinajstić information content (AvgIpc) is 2.39. The van der Waals surface area contributed by atoms with Crippen LogP contribution in [0.15, 0.2) is 18.2 Å². The van der Waals surface area contributed by atoms with Gasteiger partial charge in [-0.2, -0.15) is 0 Å². The Bertz CT molecular complexity index is 453. The van der Waals surface area contributed by atoms with Gasteiger partial charge in [-0.1, -0.05) is 6.07 Å². The molecular weight excluding hydrogens is 230 g/mol. The molecule has 18 heavy (non-hydrogen) atoms. The number of carbonyl (C=O) groups excluding carboxylic acids is 2. The third-order valence-electron chi connectivity index (χ3n) is 2.97. The van der Waals surface area contributed by atoms with Crippen LogP contribution < -0.4 is 5.32 Å². The van der Waals surface area contributed by atoms with E-state index in [1.54, 1.807) is 17.0 Å². The van der Waals surface area contributed by atoms with Gasteiger partial charge < -0.3 is 10.2 Å². The lowest BCUT2D eigenvalue weighted by atomic mass is 10.1. The van der Waals surface area contributed by atoms with Crippen LogP contribution in [0.1, 0.15) is 25.0 Å². The summed E-state index contributed by atoms with van der Waals surface area (Å²) in [5.41, 5.74) is 0.804. The fourth-order valence-electron chi connectivity index (χ4n) is 2.02. The summed E-state index contributed by atoms with van der Waals surface area (Å²) >= 11 is 0. The van der Waals surface area contributed by atoms with Crippen LogP contribution in [-0.2, 0) is 9.59 Å². The number of hydrogen-bond donors (Lipinski definition) is 1. The number of hydrogen-bond acceptors (Lipinski definition) is 3. The van der Waals surface area contributed by atoms with Gasteiger partial charge in [0.2, 0.25) is 0 Å². The normalized spacial score (nSPS) is 15.3. The van der Waals surface area contributed by atoms with Gasteiger partial charge in [0.15, 0.2) is 0 Å². The Morgan fingerprint density at radius 3 is 2.61 bits per heavy atom. The van der Waals surface area contributed by atoms with Gasteiger partial charge in [0.1, 0.15) is 5.82 Å². The number of likely N-dealkylation sites (tertiary alicyclic amines) is 1. The summed E-state index contributed by atoms with van der Waals surface area (Å²) in [5.74, 6) is -0.640. The predicted octanol–water partition coefficient (Wildman–Crippen LogP) is 1.34. The number of nitrogens with one attached hydrogen (secondary N) is 1. The van der Waals surface area contributed by atoms with Crippen molar-refractivity contribution in [3.8, 4) is 0 Å². The molecule has 1 aromatic heterocycles. The highest BCUT2D eigenvalue weighted by molar-refractivity contribution is 6.39. The van der Waals surface area contributed by atoms with Gasteiger partial charge >= 0.3 is 11.8 Å². The van der Waals surface area contributed by atoms with Crippen LogP contribution in [0.25, 0.3) is 0 Å². The minimum Gasteiger partial charge on any atom is -0.334 e. The molecule has 96 valence electrons. The maximum Gasteiger partial charge on any atom is 0.315 e. The van der Waals surface area contributed by atoms with Gasteiger partial charge in [0.05, 0.1) is 0 Å². The molecule has 5 heteroatoms. The first-order valence-corrected chi connectivity index (χ1v) is 6.21. The van der Waals surface area contributed by atoms with Crippen LogP contribution in [0.3, 0.4) is 0 Å². The van der Waals surface area contributed by atoms with E-state index in [4.69, 9.17) is 0 Å². The van der Waals surface area contributed by atoms with Gasteiger partial charge in [-0.15, -0.1) is 0 Å². The Kier molecular flexibility index (Phi) is 3.92. The van der Waals surface area contributed by atoms with Gasteiger partial charge in [-0.05, 0) is 38.3 Å². The number of amides is 2. The lowest BCUT2D eigenvalue weighted by Gasteiger charge is -2.25. The SMILES string of the molecule is Cc1cccc(NC(=O)C(=O)N2CCCCC2)n1. The molecule has 2 heterocycles. The van der Waals surface area contributed by atoms with Crippen molar-refractivity contribution in [1.29, 1.82) is 0 Å². The largest absolute Gasteiger partial charge is 0.334 e. The summed E-state index contributed by atoms with van der Waals surface area (Å²) in [6.07, 6.45) is 3.08. The van der Waals surface area contributed by atoms with Crippen molar-refractivity contribution in [3.05, 3.63) is 23.9 Å². The van der Waals surface area contributed by atoms with Crippen LogP contribution in [-0.4, -0.2) is 34.8 Å². The molecule has 2 rings (SSSR count). The molecule has 0 unspecified atom stereocenters. The summed E-state index contributed by atoms with van der Waals surface area (Å²) in [4.78, 5) is 29.4. The molecule has 0 aromatic carbocycles. The van der Waals surface area contributed by atoms with Crippen molar-refractivity contribution >= 4 is 17.6 Å². The van der Waals surface area contributed by atoms with Crippen LogP contribution in [0, 0.1) is 6.92 Å². The molecule has 0 radical (unpaired) electrons. The second kappa shape index (κ2) is 5.62. The van der Waals surface area contributed by atoms with E-state index in [0.717, 1.165) is 25.0 Å². The minimum atomic E-state index is -0.602. The van der Waals surface area contributed by atoms with E-state index in [-0.39, 0.29) is 0 Å². The molecule has 1 N–H and O–H groups in total. The molecule has 0 bridgehead atoms. The topological polar surface area (TPSA) is 62.3 Å². The summed E-state index contributed by atoms with van der Waals surface area (Å²) in [6.45, 7) is 3.18. The number of anilines is 1. The second-order valence-corrected chi connectivity index (χ2v) is 4.47. The summed E-state index contributed by atoms with van der Waals surface area (Å²) in [6, 6.07) is 5.31. The summed E-state index contributed by atoms with van der Waals surface area (Å²) in [5, 5.41) is 2.54. The van der Waals surface area contributed by atoms with E-state index in [1.165, 1.54) is 0 Å². The highest BCUT2D eigenvalue weighted by Gasteiger charge is 2.23. The van der Waals surface area contributed by atoms with Crippen LogP contribution in [0.2, 0.25) is 0 Å². The standard InChI is InChI=1S/C13H17N3O2/c1-10-6-5-7-11(14-10)15-12(17)13(18)16-8-3-2-4-9-16/h5-7H,2-4,8-9H2,1H3,(H,14,15,17). The first-order valence-electron chi connectivity index (χ1n) is 6.21. The molecule has 1 aliphatic rings. The Labute approximate surface area is 106 Å². The molecule has 0 atom stereocenters. The first kappa shape index (κ1) is 12.5. The van der Waals surface area contributed by atoms with E-state index < -0.39 is 11.8 Å². The molecule has 0 saturated carbocycles. The third kappa shape index (κ3) is 3.06. The van der Waals surface area contributed by atoms with Crippen LogP contribution >= 0.6 is 0 Å². The molecule has 5 nitrogen and oxygen atoms in total. The second-order valence-electron chi connectivity index (χ2n) is 4.47. The highest BCUT2D eigenvalue weighted by atomic mass is 16.2. The molecule has 2 amide bonds. The number of aromatic nitrogens is 1. The number of rotatable bonds is 1. The number of aryl methyl sites for hydroxylation is 1. The van der Waals surface area contributed by atoms with Crippen molar-refractivity contribution in [1.82, 2.24) is 9.88 Å². The number of carbonyl (C=O) groups is 2. The fourth-order valence-corrected chi connectivity index (χ4v) is 2.02. The lowest BCUT2D eigenvalue weighted by molar-refractivity contribution is -0.143. The van der Waals surface area contributed by atoms with E-state index in [2.05, 4.69) is 10.3 Å². The van der Waals surface area contributed by atoms with Crippen molar-refractivity contribution in [2.75, 3.05) is 18.4 Å². The smallest absolute Gasteiger partial charge is 0.315 e. The Morgan fingerprint density at radius 2 is 1.94 bits per heavy atom. The number of nitrogens with zero attached hydrogens (tertiary/aromatic N) is 2. The summed E-state index contributed by atoms with van der Waals surface area (Å²) < 4.78 is 0. The first-order chi connectivity index (χ1) is 8.66. The number of pyridine rings is 1. The average molecular weight is 247 g/mol. The monoisotopic (exact) mass is 247 g/mol. The van der Waals surface area contributed by atoms with Crippen LogP contribution in [0.5, 0.6) is 0 Å². The lowest BCUT2D eigenvalue weighted by Crippen LogP contribution is -2.42. The molecule has 1 saturated heterocycles. The van der Waals surface area contributed by atoms with Crippen LogP contribution in [0.4, 0.5) is 5.82 Å². The molecule has 1 aromatic rings. The van der Waals surface area contributed by atoms with E-state index >= 15 is 0 Å². The Hall–Kier alpha value is -1.91. The number of piperidine rings is 1. The van der Waals surface area contributed by atoms with E-state index in [1.807, 2.05) is 13.0 Å². The van der Waals surface area contributed by atoms with Crippen molar-refractivity contribution < 1.29 is 9.59 Å². The maximum absolute atomic E-state index is 11.9. The molecule has 1 aliphatic heterocycles. The van der Waals surface area contributed by atoms with Crippen molar-refractivity contribution in [3.63, 3.8) is 0 Å². The zero-order valence-electron chi connectivity index (χ0n) is 10.5. The zero-order chi connectivity index (χ0) is 13.0. The van der Waals surface area contributed by atoms with Gasteiger partial charge in [-0.3, -0.25) is 9.59 Å². The van der Waals surface area contributed by atoms with Gasteiger partial charge in [0.25, 0.3) is 0 Å². The Morgan fingerprint density at radius 1 is 1.22 bits per heavy atom. The fraction of sp³-hybridized carbons (Fsp3) is 0.462. The zero-order valence-corrected chi connectivity index (χ0v) is 10.5. The van der Waals surface area contributed by atoms with E-state index in [0.29, 0.717) is 18.9 Å².